The minimum atomic E-state index is -1.14. The molecule has 1 aromatic heterocycles. The van der Waals surface area contributed by atoms with Gasteiger partial charge in [-0.1, -0.05) is 114 Å². The number of methoxy groups -OCH3 is 2. The van der Waals surface area contributed by atoms with Crippen molar-refractivity contribution in [3.63, 3.8) is 0 Å². The molecule has 0 radical (unpaired) electrons. The molecule has 0 spiro atoms. The highest BCUT2D eigenvalue weighted by atomic mass is 16.5. The molecule has 1 heterocycles. The van der Waals surface area contributed by atoms with Crippen LogP contribution >= 0.6 is 0 Å². The minimum absolute atomic E-state index is 0.0947. The maximum absolute atomic E-state index is 16.2. The van der Waals surface area contributed by atoms with Crippen molar-refractivity contribution in [2.45, 2.75) is 18.3 Å². The molecule has 7 rings (SSSR count). The zero-order valence-electron chi connectivity index (χ0n) is 28.3. The number of benzene rings is 6. The third kappa shape index (κ3) is 5.96. The molecule has 6 aromatic carbocycles. The van der Waals surface area contributed by atoms with Crippen LogP contribution in [0.1, 0.15) is 40.2 Å². The molecule has 0 N–H and O–H groups in total. The van der Waals surface area contributed by atoms with E-state index in [2.05, 4.69) is 31.2 Å². The summed E-state index contributed by atoms with van der Waals surface area (Å²) < 4.78 is 14.9. The normalized spacial score (nSPS) is 12.3. The van der Waals surface area contributed by atoms with Gasteiger partial charge in [0.25, 0.3) is 0 Å². The largest absolute Gasteiger partial charge is 0.497 e. The van der Waals surface area contributed by atoms with E-state index in [1.165, 1.54) is 0 Å². The second kappa shape index (κ2) is 14.1. The van der Waals surface area contributed by atoms with Gasteiger partial charge in [-0.2, -0.15) is 4.57 Å². The summed E-state index contributed by atoms with van der Waals surface area (Å²) in [6, 6.07) is 56.0. The van der Waals surface area contributed by atoms with Crippen molar-refractivity contribution < 1.29 is 18.8 Å². The lowest BCUT2D eigenvalue weighted by Crippen LogP contribution is -2.48. The molecule has 0 bridgehead atoms. The Morgan fingerprint density at radius 3 is 1.58 bits per heavy atom. The van der Waals surface area contributed by atoms with Crippen molar-refractivity contribution in [2.24, 2.45) is 0 Å². The van der Waals surface area contributed by atoms with Crippen molar-refractivity contribution in [1.82, 2.24) is 9.78 Å². The number of ketones is 1. The fraction of sp³-hybridized carbons (Fsp3) is 0.114. The predicted octanol–water partition coefficient (Wildman–Crippen LogP) is 8.81. The van der Waals surface area contributed by atoms with E-state index in [9.17, 15) is 0 Å². The topological polar surface area (TPSA) is 57.2 Å². The van der Waals surface area contributed by atoms with Crippen molar-refractivity contribution in [3.8, 4) is 34.3 Å². The van der Waals surface area contributed by atoms with Gasteiger partial charge < -0.3 is 9.47 Å². The van der Waals surface area contributed by atoms with Crippen LogP contribution in [-0.2, 0) is 5.41 Å². The number of nitrogens with zero attached hydrogens (tertiary/aromatic N) is 3. The van der Waals surface area contributed by atoms with Gasteiger partial charge in [0.05, 0.1) is 30.3 Å². The van der Waals surface area contributed by atoms with Gasteiger partial charge in [-0.15, -0.1) is 0 Å². The van der Waals surface area contributed by atoms with Crippen molar-refractivity contribution >= 4 is 5.78 Å². The molecule has 246 valence electrons. The zero-order valence-corrected chi connectivity index (χ0v) is 28.3. The Labute approximate surface area is 292 Å². The van der Waals surface area contributed by atoms with Gasteiger partial charge in [-0.25, -0.2) is 0 Å². The van der Waals surface area contributed by atoms with Crippen LogP contribution < -0.4 is 14.0 Å². The van der Waals surface area contributed by atoms with E-state index in [0.29, 0.717) is 11.6 Å². The number of Topliss-reactive ketones (excluding diaryl/α,β-unsaturated/α-hetero) is 1. The zero-order chi connectivity index (χ0) is 34.5. The Morgan fingerprint density at radius 2 is 1.08 bits per heavy atom. The molecule has 0 aliphatic carbocycles. The van der Waals surface area contributed by atoms with E-state index < -0.39 is 11.3 Å². The highest BCUT2D eigenvalue weighted by molar-refractivity contribution is 6.02. The first-order valence-corrected chi connectivity index (χ1v) is 16.6. The Kier molecular flexibility index (Phi) is 9.08. The van der Waals surface area contributed by atoms with E-state index in [0.717, 1.165) is 45.1 Å². The Morgan fingerprint density at radius 1 is 0.620 bits per heavy atom. The van der Waals surface area contributed by atoms with Gasteiger partial charge >= 0.3 is 11.6 Å². The quantitative estimate of drug-likeness (QED) is 0.103. The molecule has 1 atom stereocenters. The molecule has 0 saturated carbocycles. The summed E-state index contributed by atoms with van der Waals surface area (Å²) in [6.07, 6.45) is 0. The Balaban J connectivity index is 1.57. The molecule has 50 heavy (non-hydrogen) atoms. The summed E-state index contributed by atoms with van der Waals surface area (Å²) in [5.74, 6) is 2.06. The molecule has 0 aliphatic rings. The standard InChI is InChI=1S/C44H38N3O3/c1-44(35-18-10-5-11-19-35,40(32-24-28-38(49-2)29-25-32)33-26-30-39(50-3)31-27-33)41(48)43-46(36-20-12-6-13-21-36)42(34-16-8-4-9-17-34)45-47(43)37-22-14-7-15-23-37/h4-31,40H,1-3H3/q+1. The average Bonchev–Trinajstić information content (AvgIpc) is 3.60. The average molecular weight is 657 g/mol. The van der Waals surface area contributed by atoms with E-state index in [1.54, 1.807) is 18.9 Å². The van der Waals surface area contributed by atoms with E-state index >= 15 is 4.79 Å². The van der Waals surface area contributed by atoms with Gasteiger partial charge in [0.1, 0.15) is 22.9 Å². The Hall–Kier alpha value is -6.27. The fourth-order valence-electron chi connectivity index (χ4n) is 6.82. The van der Waals surface area contributed by atoms with Crippen molar-refractivity contribution in [3.05, 3.63) is 192 Å². The molecule has 0 fully saturated rings. The molecule has 6 nitrogen and oxygen atoms in total. The molecule has 7 aromatic rings. The van der Waals surface area contributed by atoms with Crippen LogP contribution in [0, 0.1) is 0 Å². The second-order valence-corrected chi connectivity index (χ2v) is 12.3. The van der Waals surface area contributed by atoms with Gasteiger partial charge in [0, 0.05) is 5.92 Å². The van der Waals surface area contributed by atoms with Crippen LogP contribution in [0.2, 0.25) is 0 Å². The maximum Gasteiger partial charge on any atom is 0.316 e. The lowest BCUT2D eigenvalue weighted by atomic mass is 9.63. The fourth-order valence-corrected chi connectivity index (χ4v) is 6.82. The number of aromatic nitrogens is 3. The maximum atomic E-state index is 16.2. The number of carbonyl (C=O) groups is 1. The van der Waals surface area contributed by atoms with Crippen LogP contribution in [0.3, 0.4) is 0 Å². The summed E-state index contributed by atoms with van der Waals surface area (Å²) in [4.78, 5) is 16.2. The molecule has 0 amide bonds. The summed E-state index contributed by atoms with van der Waals surface area (Å²) in [7, 11) is 3.32. The van der Waals surface area contributed by atoms with E-state index in [4.69, 9.17) is 14.6 Å². The number of para-hydroxylation sites is 2. The number of rotatable bonds is 11. The number of hydrogen-bond donors (Lipinski definition) is 0. The smallest absolute Gasteiger partial charge is 0.316 e. The first kappa shape index (κ1) is 32.3. The van der Waals surface area contributed by atoms with Crippen LogP contribution in [-0.4, -0.2) is 29.8 Å². The molecule has 1 unspecified atom stereocenters. The molecular weight excluding hydrogens is 619 g/mol. The monoisotopic (exact) mass is 656 g/mol. The highest BCUT2D eigenvalue weighted by Crippen LogP contribution is 2.46. The SMILES string of the molecule is COc1ccc(C(c2ccc(OC)cc2)C(C)(C(=O)c2n(-c3ccccc3)nc(-c3ccccc3)[n+]2-c2ccccc2)c2ccccc2)cc1. The summed E-state index contributed by atoms with van der Waals surface area (Å²) >= 11 is 0. The minimum Gasteiger partial charge on any atom is -0.497 e. The van der Waals surface area contributed by atoms with Gasteiger partial charge in [0.15, 0.2) is 0 Å². The first-order valence-electron chi connectivity index (χ1n) is 16.6. The molecule has 6 heteroatoms. The molecular formula is C44H38N3O3+. The number of carbonyl (C=O) groups excluding carboxylic acids is 1. The summed E-state index contributed by atoms with van der Waals surface area (Å²) in [5, 5.41) is 5.23. The van der Waals surface area contributed by atoms with Gasteiger partial charge in [-0.3, -0.25) is 4.79 Å². The third-order valence-corrected chi connectivity index (χ3v) is 9.39. The lowest BCUT2D eigenvalue weighted by molar-refractivity contribution is -0.587. The van der Waals surface area contributed by atoms with Crippen LogP contribution in [0.5, 0.6) is 11.5 Å². The molecule has 0 aliphatic heterocycles. The molecule has 0 saturated heterocycles. The van der Waals surface area contributed by atoms with E-state index in [-0.39, 0.29) is 5.78 Å². The van der Waals surface area contributed by atoms with Crippen molar-refractivity contribution in [2.75, 3.05) is 14.2 Å². The summed E-state index contributed by atoms with van der Waals surface area (Å²) in [6.45, 7) is 2.06. The van der Waals surface area contributed by atoms with Crippen LogP contribution in [0.4, 0.5) is 0 Å². The number of ether oxygens (including phenoxy) is 2. The van der Waals surface area contributed by atoms with Crippen LogP contribution in [0.15, 0.2) is 170 Å². The third-order valence-electron chi connectivity index (χ3n) is 9.39. The lowest BCUT2D eigenvalue weighted by Gasteiger charge is -2.37. The summed E-state index contributed by atoms with van der Waals surface area (Å²) in [5.41, 5.74) is 4.18. The Bertz CT molecular complexity index is 2140. The first-order chi connectivity index (χ1) is 24.5. The van der Waals surface area contributed by atoms with Crippen LogP contribution in [0.25, 0.3) is 22.8 Å². The predicted molar refractivity (Wildman–Crippen MR) is 196 cm³/mol. The van der Waals surface area contributed by atoms with E-state index in [1.807, 2.05) is 150 Å². The van der Waals surface area contributed by atoms with Gasteiger partial charge in [0.2, 0.25) is 5.78 Å². The number of hydrogen-bond acceptors (Lipinski definition) is 4. The second-order valence-electron chi connectivity index (χ2n) is 12.3. The van der Waals surface area contributed by atoms with Crippen molar-refractivity contribution in [1.29, 1.82) is 0 Å². The highest BCUT2D eigenvalue weighted by Gasteiger charge is 2.50. The van der Waals surface area contributed by atoms with Gasteiger partial charge in [-0.05, 0) is 84.3 Å².